The first kappa shape index (κ1) is 15.3. The summed E-state index contributed by atoms with van der Waals surface area (Å²) in [4.78, 5) is 2.72. The SMILES string of the molecule is CCOC1CC(N2CCNC(CC)(CC)C2)C1(C)C. The molecular formula is C16H32N2O. The van der Waals surface area contributed by atoms with E-state index in [0.717, 1.165) is 13.2 Å². The molecule has 2 rings (SSSR count). The van der Waals surface area contributed by atoms with Gasteiger partial charge in [-0.3, -0.25) is 4.90 Å². The molecule has 1 heterocycles. The van der Waals surface area contributed by atoms with Crippen LogP contribution in [0.25, 0.3) is 0 Å². The maximum Gasteiger partial charge on any atom is 0.0655 e. The van der Waals surface area contributed by atoms with Gasteiger partial charge in [-0.1, -0.05) is 27.7 Å². The summed E-state index contributed by atoms with van der Waals surface area (Å²) in [5.74, 6) is 0. The molecule has 2 unspecified atom stereocenters. The lowest BCUT2D eigenvalue weighted by molar-refractivity contribution is -0.157. The van der Waals surface area contributed by atoms with Crippen molar-refractivity contribution < 1.29 is 4.74 Å². The van der Waals surface area contributed by atoms with Gasteiger partial charge in [0.25, 0.3) is 0 Å². The molecule has 3 nitrogen and oxygen atoms in total. The predicted octanol–water partition coefficient (Wildman–Crippen LogP) is 2.65. The molecule has 19 heavy (non-hydrogen) atoms. The van der Waals surface area contributed by atoms with Crippen LogP contribution < -0.4 is 5.32 Å². The summed E-state index contributed by atoms with van der Waals surface area (Å²) in [6.45, 7) is 15.9. The molecule has 0 amide bonds. The molecular weight excluding hydrogens is 236 g/mol. The molecule has 2 atom stereocenters. The van der Waals surface area contributed by atoms with Crippen molar-refractivity contribution in [3.05, 3.63) is 0 Å². The highest BCUT2D eigenvalue weighted by Crippen LogP contribution is 2.46. The minimum atomic E-state index is 0.306. The first-order chi connectivity index (χ1) is 8.99. The summed E-state index contributed by atoms with van der Waals surface area (Å²) in [5, 5.41) is 3.76. The minimum absolute atomic E-state index is 0.306. The van der Waals surface area contributed by atoms with E-state index in [1.54, 1.807) is 0 Å². The summed E-state index contributed by atoms with van der Waals surface area (Å²) >= 11 is 0. The molecule has 0 aromatic heterocycles. The van der Waals surface area contributed by atoms with Gasteiger partial charge >= 0.3 is 0 Å². The summed E-state index contributed by atoms with van der Waals surface area (Å²) in [7, 11) is 0. The van der Waals surface area contributed by atoms with Gasteiger partial charge in [-0.15, -0.1) is 0 Å². The minimum Gasteiger partial charge on any atom is -0.378 e. The van der Waals surface area contributed by atoms with Crippen LogP contribution in [0.1, 0.15) is 53.9 Å². The average Bonchev–Trinajstić information content (AvgIpc) is 2.43. The first-order valence-corrected chi connectivity index (χ1v) is 8.09. The Labute approximate surface area is 119 Å². The van der Waals surface area contributed by atoms with Crippen LogP contribution in [0.15, 0.2) is 0 Å². The smallest absolute Gasteiger partial charge is 0.0655 e. The summed E-state index contributed by atoms with van der Waals surface area (Å²) in [5.41, 5.74) is 0.644. The van der Waals surface area contributed by atoms with E-state index in [4.69, 9.17) is 4.74 Å². The normalized spacial score (nSPS) is 33.9. The van der Waals surface area contributed by atoms with E-state index in [0.29, 0.717) is 23.1 Å². The molecule has 0 bridgehead atoms. The molecule has 3 heteroatoms. The van der Waals surface area contributed by atoms with E-state index >= 15 is 0 Å². The summed E-state index contributed by atoms with van der Waals surface area (Å²) in [6.07, 6.45) is 4.11. The van der Waals surface area contributed by atoms with Crippen LogP contribution in [0.2, 0.25) is 0 Å². The van der Waals surface area contributed by atoms with Crippen molar-refractivity contribution in [2.45, 2.75) is 71.6 Å². The number of hydrogen-bond acceptors (Lipinski definition) is 3. The van der Waals surface area contributed by atoms with Crippen molar-refractivity contribution in [2.24, 2.45) is 5.41 Å². The van der Waals surface area contributed by atoms with E-state index in [1.807, 2.05) is 0 Å². The quantitative estimate of drug-likeness (QED) is 0.829. The topological polar surface area (TPSA) is 24.5 Å². The van der Waals surface area contributed by atoms with Crippen LogP contribution in [-0.2, 0) is 4.74 Å². The van der Waals surface area contributed by atoms with E-state index in [9.17, 15) is 0 Å². The third kappa shape index (κ3) is 2.70. The number of rotatable bonds is 5. The molecule has 1 saturated carbocycles. The average molecular weight is 268 g/mol. The lowest BCUT2D eigenvalue weighted by Crippen LogP contribution is -2.69. The Morgan fingerprint density at radius 3 is 2.42 bits per heavy atom. The van der Waals surface area contributed by atoms with Crippen molar-refractivity contribution >= 4 is 0 Å². The Bertz CT molecular complexity index is 299. The maximum absolute atomic E-state index is 5.88. The second-order valence-electron chi connectivity index (χ2n) is 6.90. The summed E-state index contributed by atoms with van der Waals surface area (Å²) < 4.78 is 5.88. The Morgan fingerprint density at radius 1 is 1.21 bits per heavy atom. The molecule has 112 valence electrons. The molecule has 0 aromatic carbocycles. The Hall–Kier alpha value is -0.120. The van der Waals surface area contributed by atoms with Gasteiger partial charge in [0.2, 0.25) is 0 Å². The molecule has 0 aromatic rings. The van der Waals surface area contributed by atoms with Crippen LogP contribution in [0.5, 0.6) is 0 Å². The fourth-order valence-corrected chi connectivity index (χ4v) is 3.95. The number of nitrogens with zero attached hydrogens (tertiary/aromatic N) is 1. The lowest BCUT2D eigenvalue weighted by Gasteiger charge is -2.58. The van der Waals surface area contributed by atoms with Crippen LogP contribution in [0, 0.1) is 5.41 Å². The van der Waals surface area contributed by atoms with E-state index in [2.05, 4.69) is 44.8 Å². The standard InChI is InChI=1S/C16H32N2O/c1-6-16(7-2)12-18(10-9-17-16)13-11-14(19-8-3)15(13,4)5/h13-14,17H,6-12H2,1-5H3. The highest BCUT2D eigenvalue weighted by molar-refractivity contribution is 5.06. The molecule has 1 aliphatic carbocycles. The van der Waals surface area contributed by atoms with E-state index < -0.39 is 0 Å². The van der Waals surface area contributed by atoms with Gasteiger partial charge in [-0.25, -0.2) is 0 Å². The van der Waals surface area contributed by atoms with Crippen molar-refractivity contribution in [3.8, 4) is 0 Å². The molecule has 0 spiro atoms. The van der Waals surface area contributed by atoms with Gasteiger partial charge in [0, 0.05) is 43.2 Å². The van der Waals surface area contributed by atoms with Crippen molar-refractivity contribution in [1.29, 1.82) is 0 Å². The first-order valence-electron chi connectivity index (χ1n) is 8.09. The monoisotopic (exact) mass is 268 g/mol. The second-order valence-corrected chi connectivity index (χ2v) is 6.90. The van der Waals surface area contributed by atoms with Crippen LogP contribution in [-0.4, -0.2) is 48.8 Å². The van der Waals surface area contributed by atoms with E-state index in [-0.39, 0.29) is 0 Å². The molecule has 2 aliphatic rings. The molecule has 0 radical (unpaired) electrons. The van der Waals surface area contributed by atoms with Gasteiger partial charge < -0.3 is 10.1 Å². The lowest BCUT2D eigenvalue weighted by atomic mass is 9.63. The second kappa shape index (κ2) is 5.71. The fourth-order valence-electron chi connectivity index (χ4n) is 3.95. The maximum atomic E-state index is 5.88. The Morgan fingerprint density at radius 2 is 1.89 bits per heavy atom. The predicted molar refractivity (Wildman–Crippen MR) is 80.5 cm³/mol. The van der Waals surface area contributed by atoms with Crippen molar-refractivity contribution in [1.82, 2.24) is 10.2 Å². The van der Waals surface area contributed by atoms with Gasteiger partial charge in [0.1, 0.15) is 0 Å². The molecule has 1 aliphatic heterocycles. The molecule has 1 N–H and O–H groups in total. The van der Waals surface area contributed by atoms with Gasteiger partial charge in [-0.05, 0) is 26.2 Å². The zero-order valence-electron chi connectivity index (χ0n) is 13.5. The zero-order valence-corrected chi connectivity index (χ0v) is 13.5. The van der Waals surface area contributed by atoms with Crippen molar-refractivity contribution in [2.75, 3.05) is 26.2 Å². The largest absolute Gasteiger partial charge is 0.378 e. The molecule has 2 fully saturated rings. The Balaban J connectivity index is 2.00. The van der Waals surface area contributed by atoms with Crippen LogP contribution in [0.4, 0.5) is 0 Å². The van der Waals surface area contributed by atoms with Gasteiger partial charge in [-0.2, -0.15) is 0 Å². The van der Waals surface area contributed by atoms with Crippen LogP contribution >= 0.6 is 0 Å². The van der Waals surface area contributed by atoms with Crippen LogP contribution in [0.3, 0.4) is 0 Å². The van der Waals surface area contributed by atoms with Crippen molar-refractivity contribution in [3.63, 3.8) is 0 Å². The number of hydrogen-bond donors (Lipinski definition) is 1. The summed E-state index contributed by atoms with van der Waals surface area (Å²) in [6, 6.07) is 0.698. The van der Waals surface area contributed by atoms with Gasteiger partial charge in [0.15, 0.2) is 0 Å². The molecule has 1 saturated heterocycles. The Kier molecular flexibility index (Phi) is 4.59. The number of ether oxygens (including phenoxy) is 1. The highest BCUT2D eigenvalue weighted by atomic mass is 16.5. The van der Waals surface area contributed by atoms with E-state index in [1.165, 1.54) is 32.4 Å². The third-order valence-electron chi connectivity index (χ3n) is 5.69. The number of piperazine rings is 1. The fraction of sp³-hybridized carbons (Fsp3) is 1.00. The van der Waals surface area contributed by atoms with Gasteiger partial charge in [0.05, 0.1) is 6.10 Å². The highest BCUT2D eigenvalue weighted by Gasteiger charge is 2.52. The third-order valence-corrected chi connectivity index (χ3v) is 5.69. The zero-order chi connectivity index (χ0) is 14.1. The number of nitrogens with one attached hydrogen (secondary N) is 1.